The molecule has 0 radical (unpaired) electrons. The first-order valence-electron chi connectivity index (χ1n) is 6.88. The fourth-order valence-corrected chi connectivity index (χ4v) is 2.42. The molecule has 0 aromatic heterocycles. The Kier molecular flexibility index (Phi) is 4.24. The number of nitrogens with one attached hydrogen (secondary N) is 1. The molecule has 1 heterocycles. The number of nitro benzene ring substituents is 1. The van der Waals surface area contributed by atoms with Crippen molar-refractivity contribution < 1.29 is 4.92 Å². The molecular formula is C14H21N3O2. The van der Waals surface area contributed by atoms with Crippen LogP contribution in [0.15, 0.2) is 18.2 Å². The van der Waals surface area contributed by atoms with Crippen molar-refractivity contribution >= 4 is 17.1 Å². The monoisotopic (exact) mass is 263 g/mol. The lowest BCUT2D eigenvalue weighted by Gasteiger charge is -2.19. The first kappa shape index (κ1) is 13.6. The quantitative estimate of drug-likeness (QED) is 0.654. The first-order chi connectivity index (χ1) is 9.10. The number of hydrogen-bond acceptors (Lipinski definition) is 4. The lowest BCUT2D eigenvalue weighted by molar-refractivity contribution is -0.384. The summed E-state index contributed by atoms with van der Waals surface area (Å²) in [5.41, 5.74) is 1.96. The van der Waals surface area contributed by atoms with Crippen molar-refractivity contribution in [3.05, 3.63) is 28.3 Å². The van der Waals surface area contributed by atoms with Crippen LogP contribution in [-0.2, 0) is 0 Å². The van der Waals surface area contributed by atoms with E-state index in [0.29, 0.717) is 5.92 Å². The summed E-state index contributed by atoms with van der Waals surface area (Å²) < 4.78 is 0. The van der Waals surface area contributed by atoms with E-state index in [4.69, 9.17) is 0 Å². The van der Waals surface area contributed by atoms with Crippen molar-refractivity contribution in [2.24, 2.45) is 5.92 Å². The van der Waals surface area contributed by atoms with Crippen LogP contribution >= 0.6 is 0 Å². The van der Waals surface area contributed by atoms with Gasteiger partial charge in [-0.25, -0.2) is 0 Å². The summed E-state index contributed by atoms with van der Waals surface area (Å²) in [4.78, 5) is 12.9. The Labute approximate surface area is 113 Å². The van der Waals surface area contributed by atoms with Crippen LogP contribution in [0.3, 0.4) is 0 Å². The minimum atomic E-state index is -0.319. The summed E-state index contributed by atoms with van der Waals surface area (Å²) in [5.74, 6) is 0.659. The molecule has 2 rings (SSSR count). The van der Waals surface area contributed by atoms with Crippen LogP contribution in [0, 0.1) is 16.0 Å². The van der Waals surface area contributed by atoms with Gasteiger partial charge in [-0.2, -0.15) is 0 Å². The van der Waals surface area contributed by atoms with Gasteiger partial charge in [-0.05, 0) is 24.8 Å². The molecule has 1 unspecified atom stereocenters. The Balaban J connectivity index is 2.25. The molecular weight excluding hydrogens is 242 g/mol. The topological polar surface area (TPSA) is 58.4 Å². The molecule has 0 bridgehead atoms. The van der Waals surface area contributed by atoms with Gasteiger partial charge in [0.1, 0.15) is 0 Å². The second-order valence-electron chi connectivity index (χ2n) is 5.26. The highest BCUT2D eigenvalue weighted by molar-refractivity contribution is 5.64. The van der Waals surface area contributed by atoms with E-state index in [-0.39, 0.29) is 10.6 Å². The van der Waals surface area contributed by atoms with Gasteiger partial charge >= 0.3 is 0 Å². The Morgan fingerprint density at radius 2 is 2.26 bits per heavy atom. The normalized spacial score (nSPS) is 18.6. The standard InChI is InChI=1S/C14H21N3O2/c1-3-5-15-12-7-13(9-14(8-12)17(18)19)16-6-4-11(2)10-16/h7-9,11,15H,3-6,10H2,1-2H3. The zero-order valence-corrected chi connectivity index (χ0v) is 11.6. The fraction of sp³-hybridized carbons (Fsp3) is 0.571. The minimum Gasteiger partial charge on any atom is -0.385 e. The van der Waals surface area contributed by atoms with Gasteiger partial charge in [0, 0.05) is 43.1 Å². The fourth-order valence-electron chi connectivity index (χ4n) is 2.42. The molecule has 0 spiro atoms. The van der Waals surface area contributed by atoms with E-state index in [2.05, 4.69) is 24.1 Å². The molecule has 1 fully saturated rings. The van der Waals surface area contributed by atoms with Gasteiger partial charge in [-0.15, -0.1) is 0 Å². The molecule has 19 heavy (non-hydrogen) atoms. The zero-order chi connectivity index (χ0) is 13.8. The highest BCUT2D eigenvalue weighted by Crippen LogP contribution is 2.30. The summed E-state index contributed by atoms with van der Waals surface area (Å²) in [7, 11) is 0. The Hall–Kier alpha value is -1.78. The minimum absolute atomic E-state index is 0.163. The van der Waals surface area contributed by atoms with Gasteiger partial charge < -0.3 is 10.2 Å². The third-order valence-corrected chi connectivity index (χ3v) is 3.48. The number of anilines is 2. The Bertz CT molecular complexity index is 462. The van der Waals surface area contributed by atoms with E-state index >= 15 is 0 Å². The molecule has 1 aliphatic rings. The van der Waals surface area contributed by atoms with Crippen LogP contribution in [0.1, 0.15) is 26.7 Å². The van der Waals surface area contributed by atoms with Crippen molar-refractivity contribution in [2.75, 3.05) is 29.9 Å². The summed E-state index contributed by atoms with van der Waals surface area (Å²) in [6.45, 7) is 7.09. The SMILES string of the molecule is CCCNc1cc(N2CCC(C)C2)cc([N+](=O)[O-])c1. The van der Waals surface area contributed by atoms with Gasteiger partial charge in [0.25, 0.3) is 5.69 Å². The number of rotatable bonds is 5. The average molecular weight is 263 g/mol. The average Bonchev–Trinajstić information content (AvgIpc) is 2.82. The molecule has 1 N–H and O–H groups in total. The predicted molar refractivity (Wildman–Crippen MR) is 77.9 cm³/mol. The maximum absolute atomic E-state index is 11.0. The van der Waals surface area contributed by atoms with E-state index in [1.54, 1.807) is 12.1 Å². The molecule has 5 heteroatoms. The van der Waals surface area contributed by atoms with Gasteiger partial charge in [-0.3, -0.25) is 10.1 Å². The van der Waals surface area contributed by atoms with E-state index in [1.165, 1.54) is 0 Å². The van der Waals surface area contributed by atoms with Crippen molar-refractivity contribution in [2.45, 2.75) is 26.7 Å². The van der Waals surface area contributed by atoms with Gasteiger partial charge in [0.2, 0.25) is 0 Å². The second-order valence-corrected chi connectivity index (χ2v) is 5.26. The molecule has 0 amide bonds. The van der Waals surface area contributed by atoms with Crippen molar-refractivity contribution in [1.82, 2.24) is 0 Å². The predicted octanol–water partition coefficient (Wildman–Crippen LogP) is 3.26. The summed E-state index contributed by atoms with van der Waals surface area (Å²) in [6.07, 6.45) is 2.15. The first-order valence-corrected chi connectivity index (χ1v) is 6.88. The lowest BCUT2D eigenvalue weighted by Crippen LogP contribution is -2.19. The van der Waals surface area contributed by atoms with E-state index < -0.39 is 0 Å². The third kappa shape index (κ3) is 3.36. The molecule has 0 aliphatic carbocycles. The van der Waals surface area contributed by atoms with Crippen LogP contribution in [0.5, 0.6) is 0 Å². The smallest absolute Gasteiger partial charge is 0.273 e. The number of non-ortho nitro benzene ring substituents is 1. The molecule has 1 atom stereocenters. The van der Waals surface area contributed by atoms with Gasteiger partial charge in [0.15, 0.2) is 0 Å². The van der Waals surface area contributed by atoms with Crippen molar-refractivity contribution in [3.8, 4) is 0 Å². The number of hydrogen-bond donors (Lipinski definition) is 1. The molecule has 1 aromatic rings. The summed E-state index contributed by atoms with van der Waals surface area (Å²) >= 11 is 0. The number of nitro groups is 1. The van der Waals surface area contributed by atoms with E-state index in [0.717, 1.165) is 43.9 Å². The Morgan fingerprint density at radius 1 is 1.47 bits per heavy atom. The van der Waals surface area contributed by atoms with E-state index in [1.807, 2.05) is 6.07 Å². The Morgan fingerprint density at radius 3 is 2.84 bits per heavy atom. The summed E-state index contributed by atoms with van der Waals surface area (Å²) in [6, 6.07) is 5.30. The molecule has 5 nitrogen and oxygen atoms in total. The number of benzene rings is 1. The maximum atomic E-state index is 11.0. The van der Waals surface area contributed by atoms with Crippen LogP contribution < -0.4 is 10.2 Å². The second kappa shape index (κ2) is 5.91. The van der Waals surface area contributed by atoms with Crippen molar-refractivity contribution in [1.29, 1.82) is 0 Å². The molecule has 0 saturated carbocycles. The van der Waals surface area contributed by atoms with E-state index in [9.17, 15) is 10.1 Å². The molecule has 1 saturated heterocycles. The molecule has 104 valence electrons. The number of nitrogens with zero attached hydrogens (tertiary/aromatic N) is 2. The highest BCUT2D eigenvalue weighted by Gasteiger charge is 2.21. The van der Waals surface area contributed by atoms with Crippen LogP contribution in [0.4, 0.5) is 17.1 Å². The summed E-state index contributed by atoms with van der Waals surface area (Å²) in [5, 5.41) is 14.3. The maximum Gasteiger partial charge on any atom is 0.273 e. The van der Waals surface area contributed by atoms with Crippen LogP contribution in [-0.4, -0.2) is 24.6 Å². The van der Waals surface area contributed by atoms with Crippen LogP contribution in [0.2, 0.25) is 0 Å². The van der Waals surface area contributed by atoms with Crippen molar-refractivity contribution in [3.63, 3.8) is 0 Å². The largest absolute Gasteiger partial charge is 0.385 e. The van der Waals surface area contributed by atoms with Gasteiger partial charge in [0.05, 0.1) is 4.92 Å². The molecule has 1 aromatic carbocycles. The molecule has 1 aliphatic heterocycles. The zero-order valence-electron chi connectivity index (χ0n) is 11.6. The third-order valence-electron chi connectivity index (χ3n) is 3.48. The van der Waals surface area contributed by atoms with Gasteiger partial charge in [-0.1, -0.05) is 13.8 Å². The highest BCUT2D eigenvalue weighted by atomic mass is 16.6. The lowest BCUT2D eigenvalue weighted by atomic mass is 10.2. The van der Waals surface area contributed by atoms with Crippen LogP contribution in [0.25, 0.3) is 0 Å².